The molecule has 1 atom stereocenters. The molecule has 0 fully saturated rings. The summed E-state index contributed by atoms with van der Waals surface area (Å²) in [4.78, 5) is 14.8. The molecule has 3 rings (SSSR count). The van der Waals surface area contributed by atoms with Crippen molar-refractivity contribution in [1.29, 1.82) is 0 Å². The van der Waals surface area contributed by atoms with Crippen molar-refractivity contribution in [1.82, 2.24) is 14.7 Å². The standard InChI is InChI=1S/C23H27N3O2/c1-15-22(17(3)26(5)24-15)16(2)25(4)23(28)20-11-9-19(10-12-20)21-8-6-7-18(13-21)14-27/h6-13,16,27H,14H2,1-5H3/t16-/m1/s1. The molecule has 146 valence electrons. The molecular weight excluding hydrogens is 350 g/mol. The molecule has 0 saturated carbocycles. The highest BCUT2D eigenvalue weighted by Gasteiger charge is 2.24. The number of amides is 1. The summed E-state index contributed by atoms with van der Waals surface area (Å²) >= 11 is 0. The summed E-state index contributed by atoms with van der Waals surface area (Å²) in [6, 6.07) is 15.3. The van der Waals surface area contributed by atoms with Gasteiger partial charge in [-0.15, -0.1) is 0 Å². The summed E-state index contributed by atoms with van der Waals surface area (Å²) in [5.74, 6) is -0.0224. The van der Waals surface area contributed by atoms with Crippen molar-refractivity contribution in [2.45, 2.75) is 33.4 Å². The van der Waals surface area contributed by atoms with Crippen LogP contribution in [-0.4, -0.2) is 32.7 Å². The molecule has 0 unspecified atom stereocenters. The van der Waals surface area contributed by atoms with Crippen molar-refractivity contribution in [2.24, 2.45) is 7.05 Å². The Morgan fingerprint density at radius 3 is 2.39 bits per heavy atom. The largest absolute Gasteiger partial charge is 0.392 e. The lowest BCUT2D eigenvalue weighted by atomic mass is 10.0. The molecule has 1 amide bonds. The van der Waals surface area contributed by atoms with Gasteiger partial charge in [0, 0.05) is 30.9 Å². The van der Waals surface area contributed by atoms with Crippen molar-refractivity contribution in [2.75, 3.05) is 7.05 Å². The molecule has 5 heteroatoms. The fourth-order valence-electron chi connectivity index (χ4n) is 3.62. The predicted molar refractivity (Wildman–Crippen MR) is 111 cm³/mol. The fourth-order valence-corrected chi connectivity index (χ4v) is 3.62. The van der Waals surface area contributed by atoms with E-state index in [2.05, 4.69) is 5.10 Å². The van der Waals surface area contributed by atoms with Gasteiger partial charge in [0.2, 0.25) is 0 Å². The molecule has 3 aromatic rings. The zero-order valence-electron chi connectivity index (χ0n) is 17.1. The lowest BCUT2D eigenvalue weighted by Crippen LogP contribution is -2.30. The Hall–Kier alpha value is -2.92. The molecule has 0 aliphatic carbocycles. The molecule has 0 spiro atoms. The van der Waals surface area contributed by atoms with E-state index in [9.17, 15) is 9.90 Å². The number of hydrogen-bond acceptors (Lipinski definition) is 3. The third kappa shape index (κ3) is 3.71. The number of hydrogen-bond donors (Lipinski definition) is 1. The Morgan fingerprint density at radius 2 is 1.82 bits per heavy atom. The highest BCUT2D eigenvalue weighted by atomic mass is 16.3. The van der Waals surface area contributed by atoms with Crippen LogP contribution < -0.4 is 0 Å². The number of benzene rings is 2. The minimum Gasteiger partial charge on any atom is -0.392 e. The second-order valence-corrected chi connectivity index (χ2v) is 7.24. The van der Waals surface area contributed by atoms with Crippen LogP contribution in [0.15, 0.2) is 48.5 Å². The van der Waals surface area contributed by atoms with Gasteiger partial charge in [-0.3, -0.25) is 9.48 Å². The Labute approximate surface area is 166 Å². The van der Waals surface area contributed by atoms with Gasteiger partial charge in [0.15, 0.2) is 0 Å². The average molecular weight is 377 g/mol. The number of rotatable bonds is 5. The summed E-state index contributed by atoms with van der Waals surface area (Å²) in [5, 5.41) is 13.8. The molecule has 28 heavy (non-hydrogen) atoms. The van der Waals surface area contributed by atoms with Gasteiger partial charge in [0.05, 0.1) is 18.3 Å². The number of aromatic nitrogens is 2. The van der Waals surface area contributed by atoms with Gasteiger partial charge < -0.3 is 10.0 Å². The average Bonchev–Trinajstić information content (AvgIpc) is 2.98. The molecular formula is C23H27N3O2. The van der Waals surface area contributed by atoms with E-state index in [4.69, 9.17) is 0 Å². The van der Waals surface area contributed by atoms with E-state index in [0.29, 0.717) is 5.56 Å². The number of carbonyl (C=O) groups excluding carboxylic acids is 1. The monoisotopic (exact) mass is 377 g/mol. The number of aliphatic hydroxyl groups excluding tert-OH is 1. The molecule has 0 bridgehead atoms. The maximum Gasteiger partial charge on any atom is 0.254 e. The highest BCUT2D eigenvalue weighted by Crippen LogP contribution is 2.27. The maximum atomic E-state index is 13.0. The van der Waals surface area contributed by atoms with Crippen LogP contribution in [0.25, 0.3) is 11.1 Å². The first kappa shape index (κ1) is 19.8. The molecule has 1 heterocycles. The number of nitrogens with zero attached hydrogens (tertiary/aromatic N) is 3. The van der Waals surface area contributed by atoms with Crippen molar-refractivity contribution in [3.05, 3.63) is 76.6 Å². The Balaban J connectivity index is 1.82. The van der Waals surface area contributed by atoms with Gasteiger partial charge in [-0.25, -0.2) is 0 Å². The Bertz CT molecular complexity index is 990. The van der Waals surface area contributed by atoms with Gasteiger partial charge in [0.25, 0.3) is 5.91 Å². The maximum absolute atomic E-state index is 13.0. The van der Waals surface area contributed by atoms with Crippen molar-refractivity contribution >= 4 is 5.91 Å². The third-order valence-corrected chi connectivity index (χ3v) is 5.46. The van der Waals surface area contributed by atoms with E-state index in [1.165, 1.54) is 0 Å². The number of carbonyl (C=O) groups is 1. The second-order valence-electron chi connectivity index (χ2n) is 7.24. The first-order valence-electron chi connectivity index (χ1n) is 9.41. The highest BCUT2D eigenvalue weighted by molar-refractivity contribution is 5.94. The lowest BCUT2D eigenvalue weighted by molar-refractivity contribution is 0.0742. The van der Waals surface area contributed by atoms with Crippen LogP contribution in [0.1, 0.15) is 45.8 Å². The topological polar surface area (TPSA) is 58.4 Å². The summed E-state index contributed by atoms with van der Waals surface area (Å²) in [5.41, 5.74) is 6.67. The van der Waals surface area contributed by atoms with Gasteiger partial charge >= 0.3 is 0 Å². The minimum atomic E-state index is -0.0675. The zero-order valence-corrected chi connectivity index (χ0v) is 17.1. The molecule has 0 aliphatic heterocycles. The predicted octanol–water partition coefficient (Wildman–Crippen LogP) is 4.03. The first-order chi connectivity index (χ1) is 13.3. The van der Waals surface area contributed by atoms with Crippen LogP contribution >= 0.6 is 0 Å². The summed E-state index contributed by atoms with van der Waals surface area (Å²) in [7, 11) is 3.75. The molecule has 5 nitrogen and oxygen atoms in total. The van der Waals surface area contributed by atoms with Crippen LogP contribution in [0.2, 0.25) is 0 Å². The van der Waals surface area contributed by atoms with Crippen LogP contribution in [0, 0.1) is 13.8 Å². The molecule has 1 aromatic heterocycles. The lowest BCUT2D eigenvalue weighted by Gasteiger charge is -2.26. The normalized spacial score (nSPS) is 12.1. The molecule has 0 aliphatic rings. The van der Waals surface area contributed by atoms with Crippen LogP contribution in [-0.2, 0) is 13.7 Å². The zero-order chi connectivity index (χ0) is 20.4. The van der Waals surface area contributed by atoms with E-state index in [-0.39, 0.29) is 18.6 Å². The van der Waals surface area contributed by atoms with Gasteiger partial charge in [-0.1, -0.05) is 30.3 Å². The van der Waals surface area contributed by atoms with E-state index in [0.717, 1.165) is 33.6 Å². The van der Waals surface area contributed by atoms with E-state index >= 15 is 0 Å². The van der Waals surface area contributed by atoms with Crippen molar-refractivity contribution < 1.29 is 9.90 Å². The number of aryl methyl sites for hydroxylation is 2. The smallest absolute Gasteiger partial charge is 0.254 e. The van der Waals surface area contributed by atoms with Gasteiger partial charge in [-0.05, 0) is 55.7 Å². The van der Waals surface area contributed by atoms with Gasteiger partial charge in [-0.2, -0.15) is 5.10 Å². The third-order valence-electron chi connectivity index (χ3n) is 5.46. The second kappa shape index (κ2) is 7.98. The quantitative estimate of drug-likeness (QED) is 0.730. The van der Waals surface area contributed by atoms with Crippen molar-refractivity contribution in [3.8, 4) is 11.1 Å². The molecule has 0 saturated heterocycles. The molecule has 2 aromatic carbocycles. The number of aliphatic hydroxyl groups is 1. The van der Waals surface area contributed by atoms with E-state index < -0.39 is 0 Å². The van der Waals surface area contributed by atoms with Crippen molar-refractivity contribution in [3.63, 3.8) is 0 Å². The minimum absolute atomic E-state index is 0.0142. The Morgan fingerprint density at radius 1 is 1.14 bits per heavy atom. The summed E-state index contributed by atoms with van der Waals surface area (Å²) in [6.07, 6.45) is 0. The van der Waals surface area contributed by atoms with Gasteiger partial charge in [0.1, 0.15) is 0 Å². The summed E-state index contributed by atoms with van der Waals surface area (Å²) in [6.45, 7) is 6.05. The van der Waals surface area contributed by atoms with Crippen LogP contribution in [0.4, 0.5) is 0 Å². The van der Waals surface area contributed by atoms with Crippen LogP contribution in [0.3, 0.4) is 0 Å². The van der Waals surface area contributed by atoms with E-state index in [1.54, 1.807) is 4.90 Å². The van der Waals surface area contributed by atoms with E-state index in [1.807, 2.05) is 88.1 Å². The first-order valence-corrected chi connectivity index (χ1v) is 9.41. The molecule has 0 radical (unpaired) electrons. The molecule has 1 N–H and O–H groups in total. The van der Waals surface area contributed by atoms with Crippen LogP contribution in [0.5, 0.6) is 0 Å². The SMILES string of the molecule is Cc1nn(C)c(C)c1[C@@H](C)N(C)C(=O)c1ccc(-c2cccc(CO)c2)cc1. The fraction of sp³-hybridized carbons (Fsp3) is 0.304. The Kier molecular flexibility index (Phi) is 5.66. The summed E-state index contributed by atoms with van der Waals surface area (Å²) < 4.78 is 1.86.